The van der Waals surface area contributed by atoms with E-state index >= 15 is 0 Å². The Hall–Kier alpha value is -0.800. The summed E-state index contributed by atoms with van der Waals surface area (Å²) in [5, 5.41) is 9.56. The van der Waals surface area contributed by atoms with E-state index in [1.807, 2.05) is 18.2 Å². The third-order valence-corrected chi connectivity index (χ3v) is 2.49. The molecule has 1 aromatic rings. The Morgan fingerprint density at radius 3 is 2.93 bits per heavy atom. The molecule has 1 atom stereocenters. The summed E-state index contributed by atoms with van der Waals surface area (Å²) < 4.78 is 6.48. The Morgan fingerprint density at radius 2 is 2.33 bits per heavy atom. The fourth-order valence-electron chi connectivity index (χ4n) is 1.23. The average Bonchev–Trinajstić information content (AvgIpc) is 2.20. The maximum atomic E-state index is 9.56. The van der Waals surface area contributed by atoms with E-state index < -0.39 is 6.10 Å². The van der Waals surface area contributed by atoms with Gasteiger partial charge in [-0.1, -0.05) is 22.0 Å². The van der Waals surface area contributed by atoms with Gasteiger partial charge in [0, 0.05) is 10.0 Å². The van der Waals surface area contributed by atoms with Crippen LogP contribution < -0.4 is 4.74 Å². The fourth-order valence-corrected chi connectivity index (χ4v) is 1.61. The van der Waals surface area contributed by atoms with Gasteiger partial charge in [-0.3, -0.25) is 0 Å². The Kier molecular flexibility index (Phi) is 4.85. The molecule has 0 heterocycles. The van der Waals surface area contributed by atoms with Gasteiger partial charge in [-0.15, -0.1) is 6.58 Å². The molecule has 2 nitrogen and oxygen atoms in total. The summed E-state index contributed by atoms with van der Waals surface area (Å²) in [4.78, 5) is 0. The van der Waals surface area contributed by atoms with Crippen molar-refractivity contribution in [3.05, 3.63) is 40.9 Å². The van der Waals surface area contributed by atoms with Gasteiger partial charge in [0.25, 0.3) is 0 Å². The van der Waals surface area contributed by atoms with Crippen LogP contribution >= 0.6 is 15.9 Å². The van der Waals surface area contributed by atoms with Crippen molar-refractivity contribution in [1.29, 1.82) is 0 Å². The van der Waals surface area contributed by atoms with Gasteiger partial charge in [-0.25, -0.2) is 0 Å². The molecule has 0 saturated carbocycles. The van der Waals surface area contributed by atoms with Crippen molar-refractivity contribution in [2.45, 2.75) is 19.4 Å². The van der Waals surface area contributed by atoms with Gasteiger partial charge in [0.15, 0.2) is 0 Å². The van der Waals surface area contributed by atoms with E-state index in [9.17, 15) is 5.11 Å². The molecule has 1 rings (SSSR count). The molecule has 0 amide bonds. The minimum Gasteiger partial charge on any atom is -0.493 e. The lowest BCUT2D eigenvalue weighted by Gasteiger charge is -2.13. The quantitative estimate of drug-likeness (QED) is 0.656. The summed E-state index contributed by atoms with van der Waals surface area (Å²) in [6.07, 6.45) is 2.08. The first-order valence-electron chi connectivity index (χ1n) is 4.86. The maximum absolute atomic E-state index is 9.56. The third-order valence-electron chi connectivity index (χ3n) is 2.00. The van der Waals surface area contributed by atoms with Crippen LogP contribution in [0.4, 0.5) is 0 Å². The molecule has 0 aromatic heterocycles. The Labute approximate surface area is 98.7 Å². The van der Waals surface area contributed by atoms with Crippen LogP contribution in [-0.4, -0.2) is 11.7 Å². The zero-order chi connectivity index (χ0) is 11.3. The number of aliphatic hydroxyl groups is 1. The van der Waals surface area contributed by atoms with Gasteiger partial charge >= 0.3 is 0 Å². The van der Waals surface area contributed by atoms with E-state index in [0.29, 0.717) is 6.61 Å². The highest BCUT2D eigenvalue weighted by atomic mass is 79.9. The zero-order valence-electron chi connectivity index (χ0n) is 8.74. The average molecular weight is 271 g/mol. The number of benzene rings is 1. The summed E-state index contributed by atoms with van der Waals surface area (Å²) in [6.45, 7) is 5.94. The highest BCUT2D eigenvalue weighted by molar-refractivity contribution is 9.10. The molecule has 1 aromatic carbocycles. The first-order chi connectivity index (χ1) is 7.15. The number of hydrogen-bond donors (Lipinski definition) is 1. The van der Waals surface area contributed by atoms with E-state index in [1.165, 1.54) is 0 Å². The van der Waals surface area contributed by atoms with Gasteiger partial charge in [-0.2, -0.15) is 0 Å². The predicted molar refractivity (Wildman–Crippen MR) is 65.1 cm³/mol. The topological polar surface area (TPSA) is 29.5 Å². The molecule has 0 spiro atoms. The normalized spacial score (nSPS) is 12.2. The molecule has 0 aliphatic rings. The Morgan fingerprint density at radius 1 is 1.60 bits per heavy atom. The highest BCUT2D eigenvalue weighted by Crippen LogP contribution is 2.28. The molecule has 0 radical (unpaired) electrons. The van der Waals surface area contributed by atoms with Crippen molar-refractivity contribution in [3.63, 3.8) is 0 Å². The summed E-state index contributed by atoms with van der Waals surface area (Å²) in [5.74, 6) is 0.732. The molecule has 0 bridgehead atoms. The van der Waals surface area contributed by atoms with Crippen molar-refractivity contribution in [2.75, 3.05) is 6.61 Å². The maximum Gasteiger partial charge on any atom is 0.125 e. The van der Waals surface area contributed by atoms with Gasteiger partial charge in [-0.05, 0) is 31.5 Å². The van der Waals surface area contributed by atoms with E-state index in [-0.39, 0.29) is 0 Å². The largest absolute Gasteiger partial charge is 0.493 e. The van der Waals surface area contributed by atoms with E-state index in [0.717, 1.165) is 22.2 Å². The second-order valence-corrected chi connectivity index (χ2v) is 4.20. The van der Waals surface area contributed by atoms with Crippen molar-refractivity contribution in [1.82, 2.24) is 0 Å². The molecule has 1 N–H and O–H groups in total. The molecular formula is C12H15BrO2. The number of halogens is 1. The lowest BCUT2D eigenvalue weighted by molar-refractivity contribution is 0.191. The van der Waals surface area contributed by atoms with E-state index in [4.69, 9.17) is 4.74 Å². The summed E-state index contributed by atoms with van der Waals surface area (Å²) >= 11 is 3.36. The zero-order valence-corrected chi connectivity index (χ0v) is 10.3. The predicted octanol–water partition coefficient (Wildman–Crippen LogP) is 3.46. The lowest BCUT2D eigenvalue weighted by Crippen LogP contribution is -2.01. The van der Waals surface area contributed by atoms with Crippen LogP contribution in [0.3, 0.4) is 0 Å². The van der Waals surface area contributed by atoms with Crippen LogP contribution in [0.1, 0.15) is 25.0 Å². The number of aliphatic hydroxyl groups excluding tert-OH is 1. The molecule has 82 valence electrons. The van der Waals surface area contributed by atoms with Crippen LogP contribution in [0.2, 0.25) is 0 Å². The van der Waals surface area contributed by atoms with E-state index in [2.05, 4.69) is 22.5 Å². The SMILES string of the molecule is C=CCCOc1ccc(Br)cc1C(C)O. The van der Waals surface area contributed by atoms with Crippen LogP contribution in [0.15, 0.2) is 35.3 Å². The van der Waals surface area contributed by atoms with Gasteiger partial charge in [0.05, 0.1) is 12.7 Å². The molecule has 0 saturated heterocycles. The third kappa shape index (κ3) is 3.68. The Bertz CT molecular complexity index is 334. The molecule has 3 heteroatoms. The second-order valence-electron chi connectivity index (χ2n) is 3.28. The van der Waals surface area contributed by atoms with Crippen LogP contribution in [0, 0.1) is 0 Å². The number of ether oxygens (including phenoxy) is 1. The summed E-state index contributed by atoms with van der Waals surface area (Å²) in [5.41, 5.74) is 0.799. The first-order valence-corrected chi connectivity index (χ1v) is 5.65. The van der Waals surface area contributed by atoms with Crippen molar-refractivity contribution < 1.29 is 9.84 Å². The van der Waals surface area contributed by atoms with Gasteiger partial charge in [0.1, 0.15) is 5.75 Å². The molecule has 1 unspecified atom stereocenters. The number of rotatable bonds is 5. The van der Waals surface area contributed by atoms with Crippen LogP contribution in [-0.2, 0) is 0 Å². The van der Waals surface area contributed by atoms with Crippen LogP contribution in [0.25, 0.3) is 0 Å². The molecule has 15 heavy (non-hydrogen) atoms. The molecule has 0 aliphatic heterocycles. The molecular weight excluding hydrogens is 256 g/mol. The highest BCUT2D eigenvalue weighted by Gasteiger charge is 2.09. The standard InChI is InChI=1S/C12H15BrO2/c1-3-4-7-15-12-6-5-10(13)8-11(12)9(2)14/h3,5-6,8-9,14H,1,4,7H2,2H3. The lowest BCUT2D eigenvalue weighted by atomic mass is 10.1. The summed E-state index contributed by atoms with van der Waals surface area (Å²) in [7, 11) is 0. The molecule has 0 aliphatic carbocycles. The van der Waals surface area contributed by atoms with Gasteiger partial charge < -0.3 is 9.84 Å². The minimum absolute atomic E-state index is 0.527. The van der Waals surface area contributed by atoms with Gasteiger partial charge in [0.2, 0.25) is 0 Å². The number of hydrogen-bond acceptors (Lipinski definition) is 2. The minimum atomic E-state index is -0.527. The molecule has 0 fully saturated rings. The Balaban J connectivity index is 2.81. The van der Waals surface area contributed by atoms with Crippen molar-refractivity contribution in [2.24, 2.45) is 0 Å². The van der Waals surface area contributed by atoms with Crippen molar-refractivity contribution in [3.8, 4) is 5.75 Å². The smallest absolute Gasteiger partial charge is 0.125 e. The summed E-state index contributed by atoms with van der Waals surface area (Å²) in [6, 6.07) is 5.62. The van der Waals surface area contributed by atoms with Crippen molar-refractivity contribution >= 4 is 15.9 Å². The fraction of sp³-hybridized carbons (Fsp3) is 0.333. The second kappa shape index (κ2) is 5.93. The van der Waals surface area contributed by atoms with E-state index in [1.54, 1.807) is 13.0 Å². The monoisotopic (exact) mass is 270 g/mol. The first kappa shape index (κ1) is 12.3. The van der Waals surface area contributed by atoms with Crippen LogP contribution in [0.5, 0.6) is 5.75 Å².